The first-order valence-electron chi connectivity index (χ1n) is 12.9. The van der Waals surface area contributed by atoms with E-state index in [9.17, 15) is 0 Å². The van der Waals surface area contributed by atoms with E-state index in [4.69, 9.17) is 25.9 Å². The number of hydrogen-bond acceptors (Lipinski definition) is 4. The minimum absolute atomic E-state index is 0.509. The topological polar surface area (TPSA) is 61.1 Å². The van der Waals surface area contributed by atoms with Crippen LogP contribution >= 0.6 is 0 Å². The molecule has 0 aliphatic rings. The van der Waals surface area contributed by atoms with Crippen LogP contribution < -0.4 is 0 Å². The molecule has 6 nitrogen and oxygen atoms in total. The normalized spacial score (nSPS) is 11.5. The van der Waals surface area contributed by atoms with Crippen LogP contribution in [0.5, 0.6) is 0 Å². The van der Waals surface area contributed by atoms with Gasteiger partial charge in [0.05, 0.1) is 17.6 Å². The average molecular weight is 514 g/mol. The molecule has 0 spiro atoms. The van der Waals surface area contributed by atoms with Crippen LogP contribution in [-0.4, -0.2) is 19.5 Å². The summed E-state index contributed by atoms with van der Waals surface area (Å²) in [4.78, 5) is 18.4. The van der Waals surface area contributed by atoms with Crippen molar-refractivity contribution in [2.75, 3.05) is 0 Å². The van der Waals surface area contributed by atoms with Crippen molar-refractivity contribution >= 4 is 49.4 Å². The third-order valence-electron chi connectivity index (χ3n) is 7.26. The highest BCUT2D eigenvalue weighted by Gasteiger charge is 2.19. The molecule has 0 N–H and O–H groups in total. The molecule has 0 radical (unpaired) electrons. The number of furan rings is 1. The van der Waals surface area contributed by atoms with Gasteiger partial charge in [0.2, 0.25) is 5.95 Å². The van der Waals surface area contributed by atoms with Gasteiger partial charge in [0.25, 0.3) is 0 Å². The lowest BCUT2D eigenvalue weighted by Crippen LogP contribution is -2.06. The van der Waals surface area contributed by atoms with E-state index in [-0.39, 0.29) is 0 Å². The maximum Gasteiger partial charge on any atom is 0.238 e. The predicted octanol–water partition coefficient (Wildman–Crippen LogP) is 8.75. The van der Waals surface area contributed by atoms with Gasteiger partial charge in [-0.05, 0) is 30.3 Å². The van der Waals surface area contributed by atoms with Crippen molar-refractivity contribution in [2.24, 2.45) is 0 Å². The van der Waals surface area contributed by atoms with Crippen LogP contribution in [-0.2, 0) is 0 Å². The van der Waals surface area contributed by atoms with Gasteiger partial charge in [-0.3, -0.25) is 4.57 Å². The molecule has 5 aromatic carbocycles. The highest BCUT2D eigenvalue weighted by Crippen LogP contribution is 2.38. The molecule has 0 unspecified atom stereocenters. The summed E-state index contributed by atoms with van der Waals surface area (Å²) in [5.74, 6) is 1.58. The molecule has 40 heavy (non-hydrogen) atoms. The molecule has 0 saturated carbocycles. The molecule has 0 amide bonds. The van der Waals surface area contributed by atoms with E-state index in [1.165, 1.54) is 0 Å². The van der Waals surface area contributed by atoms with E-state index in [2.05, 4.69) is 39.7 Å². The van der Waals surface area contributed by atoms with Crippen molar-refractivity contribution in [1.29, 1.82) is 0 Å². The number of para-hydroxylation sites is 2. The molecule has 0 atom stereocenters. The summed E-state index contributed by atoms with van der Waals surface area (Å²) in [6.07, 6.45) is 0. The zero-order valence-corrected chi connectivity index (χ0v) is 21.1. The van der Waals surface area contributed by atoms with E-state index in [0.717, 1.165) is 54.9 Å². The Kier molecular flexibility index (Phi) is 4.78. The van der Waals surface area contributed by atoms with Gasteiger partial charge in [-0.15, -0.1) is 0 Å². The molecular weight excluding hydrogens is 494 g/mol. The van der Waals surface area contributed by atoms with Crippen LogP contribution in [0.4, 0.5) is 5.69 Å². The average Bonchev–Trinajstić information content (AvgIpc) is 3.55. The lowest BCUT2D eigenvalue weighted by molar-refractivity contribution is 0.669. The second kappa shape index (κ2) is 8.62. The van der Waals surface area contributed by atoms with Gasteiger partial charge in [0.1, 0.15) is 11.2 Å². The quantitative estimate of drug-likeness (QED) is 0.222. The van der Waals surface area contributed by atoms with Gasteiger partial charge in [-0.25, -0.2) is 9.83 Å². The monoisotopic (exact) mass is 513 g/mol. The first-order valence-corrected chi connectivity index (χ1v) is 12.9. The Bertz CT molecular complexity index is 2290. The van der Waals surface area contributed by atoms with Gasteiger partial charge < -0.3 is 4.42 Å². The summed E-state index contributed by atoms with van der Waals surface area (Å²) >= 11 is 0. The van der Waals surface area contributed by atoms with Crippen molar-refractivity contribution in [3.8, 4) is 28.7 Å². The summed E-state index contributed by atoms with van der Waals surface area (Å²) in [6.45, 7) is 7.49. The molecule has 8 rings (SSSR count). The lowest BCUT2D eigenvalue weighted by Gasteiger charge is -2.11. The Labute approximate surface area is 228 Å². The van der Waals surface area contributed by atoms with Crippen molar-refractivity contribution in [2.45, 2.75) is 0 Å². The van der Waals surface area contributed by atoms with E-state index >= 15 is 0 Å². The van der Waals surface area contributed by atoms with Crippen molar-refractivity contribution in [3.05, 3.63) is 127 Å². The van der Waals surface area contributed by atoms with Crippen molar-refractivity contribution in [3.63, 3.8) is 0 Å². The number of aromatic nitrogens is 4. The van der Waals surface area contributed by atoms with Gasteiger partial charge in [0.15, 0.2) is 17.3 Å². The Hall–Kier alpha value is -5.80. The first-order chi connectivity index (χ1) is 19.8. The van der Waals surface area contributed by atoms with E-state index < -0.39 is 0 Å². The Morgan fingerprint density at radius 2 is 1.27 bits per heavy atom. The maximum atomic E-state index is 7.49. The number of benzene rings is 5. The summed E-state index contributed by atoms with van der Waals surface area (Å²) < 4.78 is 8.32. The minimum Gasteiger partial charge on any atom is -0.456 e. The molecule has 0 bridgehead atoms. The second-order valence-electron chi connectivity index (χ2n) is 9.63. The highest BCUT2D eigenvalue weighted by molar-refractivity contribution is 6.16. The number of rotatable bonds is 3. The summed E-state index contributed by atoms with van der Waals surface area (Å²) in [5, 5.41) is 4.24. The van der Waals surface area contributed by atoms with Crippen molar-refractivity contribution in [1.82, 2.24) is 19.5 Å². The molecule has 6 heteroatoms. The van der Waals surface area contributed by atoms with Gasteiger partial charge in [0, 0.05) is 32.7 Å². The fourth-order valence-corrected chi connectivity index (χ4v) is 5.43. The number of nitrogens with zero attached hydrogens (tertiary/aromatic N) is 5. The molecule has 3 heterocycles. The van der Waals surface area contributed by atoms with Gasteiger partial charge in [-0.1, -0.05) is 84.9 Å². The lowest BCUT2D eigenvalue weighted by atomic mass is 10.1. The van der Waals surface area contributed by atoms with Crippen molar-refractivity contribution < 1.29 is 4.42 Å². The fourth-order valence-electron chi connectivity index (χ4n) is 5.43. The largest absolute Gasteiger partial charge is 0.456 e. The molecule has 0 saturated heterocycles. The number of fused-ring (bicyclic) bond motifs is 6. The molecule has 0 aliphatic heterocycles. The maximum absolute atomic E-state index is 7.49. The number of hydrogen-bond donors (Lipinski definition) is 0. The Balaban J connectivity index is 1.48. The van der Waals surface area contributed by atoms with E-state index in [1.54, 1.807) is 6.07 Å². The molecule has 8 aromatic rings. The van der Waals surface area contributed by atoms with Crippen LogP contribution in [0.25, 0.3) is 77.3 Å². The molecule has 0 aliphatic carbocycles. The third kappa shape index (κ3) is 3.39. The minimum atomic E-state index is 0.509. The van der Waals surface area contributed by atoms with Gasteiger partial charge in [-0.2, -0.15) is 9.97 Å². The van der Waals surface area contributed by atoms with Crippen LogP contribution in [0.3, 0.4) is 0 Å². The molecule has 3 aromatic heterocycles. The smallest absolute Gasteiger partial charge is 0.238 e. The third-order valence-corrected chi connectivity index (χ3v) is 7.26. The summed E-state index contributed by atoms with van der Waals surface area (Å²) in [7, 11) is 0. The second-order valence-corrected chi connectivity index (χ2v) is 9.63. The highest BCUT2D eigenvalue weighted by atomic mass is 16.3. The zero-order chi connectivity index (χ0) is 26.6. The Morgan fingerprint density at radius 1 is 0.550 bits per heavy atom. The fraction of sp³-hybridized carbons (Fsp3) is 0. The predicted molar refractivity (Wildman–Crippen MR) is 159 cm³/mol. The van der Waals surface area contributed by atoms with Gasteiger partial charge >= 0.3 is 0 Å². The molecule has 0 fully saturated rings. The summed E-state index contributed by atoms with van der Waals surface area (Å²) in [6, 6.07) is 37.9. The molecular formula is C34H19N5O. The standard InChI is InChI=1S/C34H19N5O/c1-35-23-13-9-12-22(18-23)33-36-32(21-10-3-2-4-11-21)37-34(38-33)39-28-16-7-5-14-24(28)26-20-31-27(19-29(26)39)25-15-6-8-17-30(25)40-31/h2-20H. The Morgan fingerprint density at radius 3 is 2.12 bits per heavy atom. The van der Waals surface area contributed by atoms with Crippen LogP contribution in [0.1, 0.15) is 0 Å². The van der Waals surface area contributed by atoms with Crippen LogP contribution in [0.15, 0.2) is 120 Å². The molecule has 186 valence electrons. The van der Waals surface area contributed by atoms with Crippen LogP contribution in [0, 0.1) is 6.57 Å². The van der Waals surface area contributed by atoms with E-state index in [0.29, 0.717) is 23.3 Å². The zero-order valence-electron chi connectivity index (χ0n) is 21.1. The summed E-state index contributed by atoms with van der Waals surface area (Å²) in [5.41, 5.74) is 5.85. The van der Waals surface area contributed by atoms with E-state index in [1.807, 2.05) is 78.9 Å². The van der Waals surface area contributed by atoms with Crippen LogP contribution in [0.2, 0.25) is 0 Å². The first kappa shape index (κ1) is 22.2. The SMILES string of the molecule is [C-]#[N+]c1cccc(-c2nc(-c3ccccc3)nc(-n3c4ccccc4c4cc5oc6ccccc6c5cc43)n2)c1.